The Bertz CT molecular complexity index is 1160. The lowest BCUT2D eigenvalue weighted by molar-refractivity contribution is 0.306. The van der Waals surface area contributed by atoms with Crippen LogP contribution in [0.15, 0.2) is 76.4 Å². The van der Waals surface area contributed by atoms with Gasteiger partial charge in [0.25, 0.3) is 5.22 Å². The maximum atomic E-state index is 6.23. The van der Waals surface area contributed by atoms with Gasteiger partial charge in [-0.25, -0.2) is 0 Å². The smallest absolute Gasteiger partial charge is 0.277 e. The molecule has 3 aromatic carbocycles. The quantitative estimate of drug-likeness (QED) is 0.274. The number of hydrogen-bond donors (Lipinski definition) is 0. The third kappa shape index (κ3) is 5.17. The van der Waals surface area contributed by atoms with E-state index in [1.54, 1.807) is 6.07 Å². The molecule has 152 valence electrons. The van der Waals surface area contributed by atoms with Crippen molar-refractivity contribution in [3.05, 3.63) is 93.5 Å². The minimum absolute atomic E-state index is 0.408. The van der Waals surface area contributed by atoms with Gasteiger partial charge < -0.3 is 9.15 Å². The fourth-order valence-electron chi connectivity index (χ4n) is 2.88. The summed E-state index contributed by atoms with van der Waals surface area (Å²) in [6.45, 7) is 2.44. The lowest BCUT2D eigenvalue weighted by atomic mass is 10.1. The summed E-state index contributed by atoms with van der Waals surface area (Å²) in [5.74, 6) is 1.89. The van der Waals surface area contributed by atoms with Gasteiger partial charge in [-0.3, -0.25) is 0 Å². The number of thioether (sulfide) groups is 1. The highest BCUT2D eigenvalue weighted by molar-refractivity contribution is 7.98. The number of halogens is 2. The first-order valence-corrected chi connectivity index (χ1v) is 11.0. The van der Waals surface area contributed by atoms with Crippen LogP contribution < -0.4 is 4.74 Å². The molecule has 1 aromatic heterocycles. The molecule has 30 heavy (non-hydrogen) atoms. The van der Waals surface area contributed by atoms with Crippen molar-refractivity contribution in [2.45, 2.75) is 24.5 Å². The van der Waals surface area contributed by atoms with Crippen LogP contribution in [0.25, 0.3) is 11.5 Å². The lowest BCUT2D eigenvalue weighted by Crippen LogP contribution is -1.98. The Morgan fingerprint density at radius 2 is 1.80 bits per heavy atom. The third-order valence-electron chi connectivity index (χ3n) is 4.40. The van der Waals surface area contributed by atoms with Gasteiger partial charge >= 0.3 is 0 Å². The van der Waals surface area contributed by atoms with Gasteiger partial charge in [0.05, 0.1) is 0 Å². The number of benzene rings is 3. The van der Waals surface area contributed by atoms with Crippen molar-refractivity contribution in [2.75, 3.05) is 0 Å². The Hall–Kier alpha value is -2.47. The molecule has 0 aliphatic rings. The fraction of sp³-hybridized carbons (Fsp3) is 0.130. The number of ether oxygens (including phenoxy) is 1. The van der Waals surface area contributed by atoms with Gasteiger partial charge in [-0.15, -0.1) is 10.2 Å². The first-order valence-electron chi connectivity index (χ1n) is 9.26. The van der Waals surface area contributed by atoms with Crippen LogP contribution in [0.4, 0.5) is 0 Å². The zero-order valence-electron chi connectivity index (χ0n) is 16.1. The molecule has 0 aliphatic heterocycles. The SMILES string of the molecule is Cc1cccc(OCc2ccccc2-c2nnc(SCc3ccc(Cl)cc3Cl)o2)c1. The van der Waals surface area contributed by atoms with Crippen LogP contribution in [-0.2, 0) is 12.4 Å². The molecular formula is C23H18Cl2N2O2S. The summed E-state index contributed by atoms with van der Waals surface area (Å²) in [5.41, 5.74) is 3.94. The summed E-state index contributed by atoms with van der Waals surface area (Å²) in [7, 11) is 0. The standard InChI is InChI=1S/C23H18Cl2N2O2S/c1-15-5-4-7-19(11-15)28-13-16-6-2-3-8-20(16)22-26-27-23(29-22)30-14-17-9-10-18(24)12-21(17)25/h2-12H,13-14H2,1H3. The summed E-state index contributed by atoms with van der Waals surface area (Å²) >= 11 is 13.6. The van der Waals surface area contributed by atoms with Gasteiger partial charge in [0.1, 0.15) is 12.4 Å². The summed E-state index contributed by atoms with van der Waals surface area (Å²) in [4.78, 5) is 0. The molecule has 0 bridgehead atoms. The van der Waals surface area contributed by atoms with E-state index in [0.29, 0.717) is 33.5 Å². The molecule has 1 heterocycles. The van der Waals surface area contributed by atoms with Crippen LogP contribution >= 0.6 is 35.0 Å². The van der Waals surface area contributed by atoms with E-state index in [1.165, 1.54) is 11.8 Å². The van der Waals surface area contributed by atoms with E-state index in [0.717, 1.165) is 28.0 Å². The molecule has 4 aromatic rings. The summed E-state index contributed by atoms with van der Waals surface area (Å²) in [6, 6.07) is 21.2. The molecule has 4 rings (SSSR count). The van der Waals surface area contributed by atoms with Gasteiger partial charge in [0, 0.05) is 26.9 Å². The average Bonchev–Trinajstić information content (AvgIpc) is 3.21. The fourth-order valence-corrected chi connectivity index (χ4v) is 4.20. The van der Waals surface area contributed by atoms with Gasteiger partial charge in [0.15, 0.2) is 0 Å². The van der Waals surface area contributed by atoms with E-state index < -0.39 is 0 Å². The maximum Gasteiger partial charge on any atom is 0.277 e. The van der Waals surface area contributed by atoms with E-state index >= 15 is 0 Å². The summed E-state index contributed by atoms with van der Waals surface area (Å²) in [6.07, 6.45) is 0. The molecule has 0 saturated carbocycles. The largest absolute Gasteiger partial charge is 0.489 e. The Morgan fingerprint density at radius 3 is 2.63 bits per heavy atom. The van der Waals surface area contributed by atoms with E-state index in [1.807, 2.05) is 67.6 Å². The molecule has 0 unspecified atom stereocenters. The molecule has 4 nitrogen and oxygen atoms in total. The Kier molecular flexibility index (Phi) is 6.62. The molecule has 0 aliphatic carbocycles. The number of nitrogens with zero attached hydrogens (tertiary/aromatic N) is 2. The van der Waals surface area contributed by atoms with Gasteiger partial charge in [-0.1, -0.05) is 71.4 Å². The van der Waals surface area contributed by atoms with Crippen molar-refractivity contribution < 1.29 is 9.15 Å². The molecule has 0 N–H and O–H groups in total. The minimum Gasteiger partial charge on any atom is -0.489 e. The van der Waals surface area contributed by atoms with Crippen molar-refractivity contribution >= 4 is 35.0 Å². The molecule has 0 fully saturated rings. The van der Waals surface area contributed by atoms with Crippen LogP contribution in [0.2, 0.25) is 10.0 Å². The Balaban J connectivity index is 1.46. The molecule has 0 atom stereocenters. The lowest BCUT2D eigenvalue weighted by Gasteiger charge is -2.09. The summed E-state index contributed by atoms with van der Waals surface area (Å²) in [5, 5.41) is 10.1. The molecule has 0 saturated heterocycles. The highest BCUT2D eigenvalue weighted by Gasteiger charge is 2.14. The van der Waals surface area contributed by atoms with Crippen molar-refractivity contribution in [2.24, 2.45) is 0 Å². The molecule has 0 amide bonds. The number of rotatable bonds is 7. The Morgan fingerprint density at radius 1 is 0.933 bits per heavy atom. The van der Waals surface area contributed by atoms with E-state index in [4.69, 9.17) is 32.4 Å². The van der Waals surface area contributed by atoms with E-state index in [-0.39, 0.29) is 0 Å². The predicted octanol–water partition coefficient (Wildman–Crippen LogP) is 7.22. The van der Waals surface area contributed by atoms with Crippen molar-refractivity contribution in [3.63, 3.8) is 0 Å². The maximum absolute atomic E-state index is 6.23. The van der Waals surface area contributed by atoms with E-state index in [9.17, 15) is 0 Å². The first kappa shape index (κ1) is 20.8. The highest BCUT2D eigenvalue weighted by Crippen LogP contribution is 2.31. The van der Waals surface area contributed by atoms with Crippen LogP contribution in [0.5, 0.6) is 5.75 Å². The van der Waals surface area contributed by atoms with Crippen molar-refractivity contribution in [1.82, 2.24) is 10.2 Å². The van der Waals surface area contributed by atoms with Gasteiger partial charge in [0.2, 0.25) is 5.89 Å². The van der Waals surface area contributed by atoms with Gasteiger partial charge in [-0.05, 0) is 48.4 Å². The molecular weight excluding hydrogens is 439 g/mol. The minimum atomic E-state index is 0.408. The molecule has 0 spiro atoms. The van der Waals surface area contributed by atoms with Crippen molar-refractivity contribution in [3.8, 4) is 17.2 Å². The monoisotopic (exact) mass is 456 g/mol. The second-order valence-corrected chi connectivity index (χ2v) is 8.43. The number of hydrogen-bond acceptors (Lipinski definition) is 5. The van der Waals surface area contributed by atoms with Crippen LogP contribution in [0.1, 0.15) is 16.7 Å². The van der Waals surface area contributed by atoms with Crippen molar-refractivity contribution in [1.29, 1.82) is 0 Å². The Labute approximate surface area is 189 Å². The van der Waals surface area contributed by atoms with Crippen LogP contribution in [-0.4, -0.2) is 10.2 Å². The molecule has 7 heteroatoms. The highest BCUT2D eigenvalue weighted by atomic mass is 35.5. The normalized spacial score (nSPS) is 10.9. The topological polar surface area (TPSA) is 48.2 Å². The second-order valence-electron chi connectivity index (χ2n) is 6.66. The number of aromatic nitrogens is 2. The summed E-state index contributed by atoms with van der Waals surface area (Å²) < 4.78 is 11.8. The zero-order valence-corrected chi connectivity index (χ0v) is 18.5. The van der Waals surface area contributed by atoms with E-state index in [2.05, 4.69) is 10.2 Å². The predicted molar refractivity (Wildman–Crippen MR) is 121 cm³/mol. The van der Waals surface area contributed by atoms with Crippen LogP contribution in [0, 0.1) is 6.92 Å². The number of aryl methyl sites for hydroxylation is 1. The van der Waals surface area contributed by atoms with Gasteiger partial charge in [-0.2, -0.15) is 0 Å². The third-order valence-corrected chi connectivity index (χ3v) is 5.86. The molecule has 0 radical (unpaired) electrons. The second kappa shape index (κ2) is 9.56. The zero-order chi connectivity index (χ0) is 20.9. The average molecular weight is 457 g/mol. The van der Waals surface area contributed by atoms with Crippen LogP contribution in [0.3, 0.4) is 0 Å². The first-order chi connectivity index (χ1) is 14.6.